The maximum Gasteiger partial charge on any atom is 0.228 e. The molecule has 4 nitrogen and oxygen atoms in total. The monoisotopic (exact) mass is 293 g/mol. The summed E-state index contributed by atoms with van der Waals surface area (Å²) in [4.78, 5) is 16.8. The molecule has 3 aromatic rings. The molecule has 2 aromatic heterocycles. The third-order valence-corrected chi connectivity index (χ3v) is 3.85. The van der Waals surface area contributed by atoms with E-state index in [9.17, 15) is 4.79 Å². The molecular formula is C18H19N3O. The molecule has 0 saturated heterocycles. The zero-order chi connectivity index (χ0) is 15.7. The van der Waals surface area contributed by atoms with Crippen LogP contribution in [-0.4, -0.2) is 15.3 Å². The van der Waals surface area contributed by atoms with Gasteiger partial charge in [-0.15, -0.1) is 0 Å². The van der Waals surface area contributed by atoms with E-state index in [0.29, 0.717) is 6.42 Å². The molecule has 4 heteroatoms. The molecule has 0 saturated carbocycles. The molecule has 2 heterocycles. The third kappa shape index (κ3) is 2.72. The number of imidazole rings is 1. The van der Waals surface area contributed by atoms with Crippen LogP contribution in [0.4, 0.5) is 5.69 Å². The zero-order valence-corrected chi connectivity index (χ0v) is 13.1. The first-order chi connectivity index (χ1) is 10.5. The molecule has 112 valence electrons. The number of carbonyl (C=O) groups is 1. The molecular weight excluding hydrogens is 274 g/mol. The minimum Gasteiger partial charge on any atom is -0.323 e. The van der Waals surface area contributed by atoms with Crippen LogP contribution < -0.4 is 5.32 Å². The van der Waals surface area contributed by atoms with Crippen molar-refractivity contribution >= 4 is 17.2 Å². The summed E-state index contributed by atoms with van der Waals surface area (Å²) in [6, 6.07) is 11.8. The number of nitrogens with one attached hydrogen (secondary N) is 1. The van der Waals surface area contributed by atoms with E-state index < -0.39 is 0 Å². The minimum atomic E-state index is -0.0305. The second-order valence-corrected chi connectivity index (χ2v) is 5.61. The minimum absolute atomic E-state index is 0.0305. The van der Waals surface area contributed by atoms with Crippen molar-refractivity contribution in [2.45, 2.75) is 27.2 Å². The number of pyridine rings is 1. The fourth-order valence-corrected chi connectivity index (χ4v) is 2.60. The molecule has 1 aromatic carbocycles. The van der Waals surface area contributed by atoms with Gasteiger partial charge in [0.05, 0.1) is 17.8 Å². The standard InChI is InChI=1S/C18H19N3O/c1-12-6-4-7-15(10-12)11-17(22)20-16-8-5-9-21-14(3)13(2)19-18(16)21/h4-10H,11H2,1-3H3,(H,20,22). The van der Waals surface area contributed by atoms with Gasteiger partial charge in [0.15, 0.2) is 5.65 Å². The number of hydrogen-bond donors (Lipinski definition) is 1. The Labute approximate surface area is 129 Å². The van der Waals surface area contributed by atoms with Crippen LogP contribution in [0, 0.1) is 20.8 Å². The van der Waals surface area contributed by atoms with Gasteiger partial charge in [0.1, 0.15) is 0 Å². The summed E-state index contributed by atoms with van der Waals surface area (Å²) in [6.07, 6.45) is 2.32. The average molecular weight is 293 g/mol. The Morgan fingerprint density at radius 1 is 1.18 bits per heavy atom. The number of benzene rings is 1. The van der Waals surface area contributed by atoms with Gasteiger partial charge in [-0.25, -0.2) is 4.98 Å². The number of amides is 1. The van der Waals surface area contributed by atoms with Gasteiger partial charge < -0.3 is 9.72 Å². The summed E-state index contributed by atoms with van der Waals surface area (Å²) in [6.45, 7) is 6.02. The smallest absolute Gasteiger partial charge is 0.228 e. The van der Waals surface area contributed by atoms with Crippen LogP contribution in [0.3, 0.4) is 0 Å². The van der Waals surface area contributed by atoms with Gasteiger partial charge in [0.2, 0.25) is 5.91 Å². The Hall–Kier alpha value is -2.62. The number of anilines is 1. The van der Waals surface area contributed by atoms with Crippen molar-refractivity contribution in [3.05, 3.63) is 65.1 Å². The van der Waals surface area contributed by atoms with Crippen LogP contribution in [-0.2, 0) is 11.2 Å². The maximum atomic E-state index is 12.3. The lowest BCUT2D eigenvalue weighted by Crippen LogP contribution is -2.15. The molecule has 0 atom stereocenters. The molecule has 0 spiro atoms. The van der Waals surface area contributed by atoms with E-state index in [1.54, 1.807) is 0 Å². The number of aryl methyl sites for hydroxylation is 3. The van der Waals surface area contributed by atoms with E-state index >= 15 is 0 Å². The van der Waals surface area contributed by atoms with E-state index in [-0.39, 0.29) is 5.91 Å². The van der Waals surface area contributed by atoms with Crippen molar-refractivity contribution in [2.24, 2.45) is 0 Å². The van der Waals surface area contributed by atoms with Crippen LogP contribution in [0.25, 0.3) is 5.65 Å². The lowest BCUT2D eigenvalue weighted by molar-refractivity contribution is -0.115. The topological polar surface area (TPSA) is 46.4 Å². The molecule has 0 aliphatic heterocycles. The van der Waals surface area contributed by atoms with E-state index in [1.165, 1.54) is 0 Å². The number of rotatable bonds is 3. The van der Waals surface area contributed by atoms with E-state index in [0.717, 1.165) is 33.8 Å². The molecule has 3 rings (SSSR count). The quantitative estimate of drug-likeness (QED) is 0.804. The number of fused-ring (bicyclic) bond motifs is 1. The predicted molar refractivity (Wildman–Crippen MR) is 88.2 cm³/mol. The van der Waals surface area contributed by atoms with Gasteiger partial charge in [-0.2, -0.15) is 0 Å². The molecule has 22 heavy (non-hydrogen) atoms. The fraction of sp³-hybridized carbons (Fsp3) is 0.222. The lowest BCUT2D eigenvalue weighted by atomic mass is 10.1. The van der Waals surface area contributed by atoms with E-state index in [4.69, 9.17) is 0 Å². The predicted octanol–water partition coefficient (Wildman–Crippen LogP) is 3.44. The van der Waals surface area contributed by atoms with Crippen molar-refractivity contribution in [2.75, 3.05) is 5.32 Å². The molecule has 1 N–H and O–H groups in total. The first-order valence-electron chi connectivity index (χ1n) is 7.34. The normalized spacial score (nSPS) is 10.9. The Balaban J connectivity index is 1.84. The maximum absolute atomic E-state index is 12.3. The third-order valence-electron chi connectivity index (χ3n) is 3.85. The SMILES string of the molecule is Cc1cccc(CC(=O)Nc2cccn3c(C)c(C)nc23)c1. The number of nitrogens with zero attached hydrogens (tertiary/aromatic N) is 2. The lowest BCUT2D eigenvalue weighted by Gasteiger charge is -2.07. The van der Waals surface area contributed by atoms with Crippen LogP contribution in [0.15, 0.2) is 42.6 Å². The average Bonchev–Trinajstić information content (AvgIpc) is 2.76. The molecule has 0 unspecified atom stereocenters. The number of aromatic nitrogens is 2. The van der Waals surface area contributed by atoms with Crippen LogP contribution >= 0.6 is 0 Å². The Bertz CT molecular complexity index is 849. The zero-order valence-electron chi connectivity index (χ0n) is 13.1. The van der Waals surface area contributed by atoms with E-state index in [1.807, 2.05) is 67.8 Å². The summed E-state index contributed by atoms with van der Waals surface area (Å²) < 4.78 is 2.00. The Morgan fingerprint density at radius 2 is 2.00 bits per heavy atom. The summed E-state index contributed by atoms with van der Waals surface area (Å²) in [5.74, 6) is -0.0305. The first-order valence-corrected chi connectivity index (χ1v) is 7.34. The second kappa shape index (κ2) is 5.64. The molecule has 0 fully saturated rings. The second-order valence-electron chi connectivity index (χ2n) is 5.61. The van der Waals surface area contributed by atoms with Gasteiger partial charge in [0, 0.05) is 11.9 Å². The Kier molecular flexibility index (Phi) is 3.67. The van der Waals surface area contributed by atoms with Crippen molar-refractivity contribution in [1.82, 2.24) is 9.38 Å². The van der Waals surface area contributed by atoms with Crippen LogP contribution in [0.1, 0.15) is 22.5 Å². The summed E-state index contributed by atoms with van der Waals surface area (Å²) >= 11 is 0. The number of carbonyl (C=O) groups excluding carboxylic acids is 1. The van der Waals surface area contributed by atoms with Crippen molar-refractivity contribution in [3.63, 3.8) is 0 Å². The highest BCUT2D eigenvalue weighted by Gasteiger charge is 2.11. The first kappa shape index (κ1) is 14.3. The van der Waals surface area contributed by atoms with E-state index in [2.05, 4.69) is 10.3 Å². The van der Waals surface area contributed by atoms with Gasteiger partial charge in [-0.1, -0.05) is 29.8 Å². The highest BCUT2D eigenvalue weighted by Crippen LogP contribution is 2.19. The van der Waals surface area contributed by atoms with Crippen molar-refractivity contribution in [3.8, 4) is 0 Å². The molecule has 0 aliphatic rings. The van der Waals surface area contributed by atoms with Crippen molar-refractivity contribution in [1.29, 1.82) is 0 Å². The Morgan fingerprint density at radius 3 is 2.77 bits per heavy atom. The van der Waals surface area contributed by atoms with Gasteiger partial charge >= 0.3 is 0 Å². The molecule has 1 amide bonds. The molecule has 0 aliphatic carbocycles. The fourth-order valence-electron chi connectivity index (χ4n) is 2.60. The van der Waals surface area contributed by atoms with Gasteiger partial charge in [0.25, 0.3) is 0 Å². The van der Waals surface area contributed by atoms with Crippen LogP contribution in [0.5, 0.6) is 0 Å². The number of hydrogen-bond acceptors (Lipinski definition) is 2. The van der Waals surface area contributed by atoms with Crippen LogP contribution in [0.2, 0.25) is 0 Å². The summed E-state index contributed by atoms with van der Waals surface area (Å²) in [5, 5.41) is 2.97. The molecule has 0 radical (unpaired) electrons. The van der Waals surface area contributed by atoms with Crippen molar-refractivity contribution < 1.29 is 4.79 Å². The van der Waals surface area contributed by atoms with Gasteiger partial charge in [-0.05, 0) is 38.5 Å². The highest BCUT2D eigenvalue weighted by atomic mass is 16.1. The molecule has 0 bridgehead atoms. The summed E-state index contributed by atoms with van der Waals surface area (Å²) in [5.41, 5.74) is 5.77. The van der Waals surface area contributed by atoms with Gasteiger partial charge in [-0.3, -0.25) is 4.79 Å². The largest absolute Gasteiger partial charge is 0.323 e. The highest BCUT2D eigenvalue weighted by molar-refractivity contribution is 5.95. The summed E-state index contributed by atoms with van der Waals surface area (Å²) in [7, 11) is 0.